The number of aliphatic hydroxyl groups excluding tert-OH is 1. The van der Waals surface area contributed by atoms with Crippen molar-refractivity contribution in [2.24, 2.45) is 0 Å². The molecule has 0 radical (unpaired) electrons. The van der Waals surface area contributed by atoms with E-state index >= 15 is 0 Å². The van der Waals surface area contributed by atoms with Gasteiger partial charge in [-0.25, -0.2) is 4.98 Å². The van der Waals surface area contributed by atoms with Crippen LogP contribution in [0.15, 0.2) is 59.9 Å². The SMILES string of the molecule is Cc1nc(N2C(=O)C(O)=C(C(=O)c3ccc(Cl)cc3)C2c2cccc([N+](=O)[O-])c2)sc1C. The van der Waals surface area contributed by atoms with Crippen molar-refractivity contribution in [2.75, 3.05) is 4.90 Å². The van der Waals surface area contributed by atoms with Crippen LogP contribution in [-0.4, -0.2) is 26.7 Å². The van der Waals surface area contributed by atoms with E-state index in [4.69, 9.17) is 11.6 Å². The summed E-state index contributed by atoms with van der Waals surface area (Å²) in [4.78, 5) is 43.7. The number of anilines is 1. The lowest BCUT2D eigenvalue weighted by Gasteiger charge is -2.24. The molecule has 1 aromatic heterocycles. The van der Waals surface area contributed by atoms with Gasteiger partial charge in [-0.05, 0) is 43.7 Å². The molecule has 3 aromatic rings. The molecule has 162 valence electrons. The number of hydrogen-bond donors (Lipinski definition) is 1. The van der Waals surface area contributed by atoms with Gasteiger partial charge in [-0.2, -0.15) is 0 Å². The number of halogens is 1. The van der Waals surface area contributed by atoms with E-state index in [0.29, 0.717) is 16.3 Å². The van der Waals surface area contributed by atoms with Crippen LogP contribution in [0.4, 0.5) is 10.8 Å². The first-order chi connectivity index (χ1) is 15.2. The van der Waals surface area contributed by atoms with Crippen LogP contribution in [0.1, 0.15) is 32.5 Å². The number of nitro groups is 1. The molecule has 1 aliphatic rings. The van der Waals surface area contributed by atoms with Gasteiger partial charge >= 0.3 is 0 Å². The fraction of sp³-hybridized carbons (Fsp3) is 0.136. The van der Waals surface area contributed by atoms with E-state index < -0.39 is 28.4 Å². The number of hydrogen-bond acceptors (Lipinski definition) is 7. The summed E-state index contributed by atoms with van der Waals surface area (Å²) in [6.45, 7) is 3.62. The maximum Gasteiger partial charge on any atom is 0.296 e. The summed E-state index contributed by atoms with van der Waals surface area (Å²) in [5, 5.41) is 22.8. The molecule has 0 saturated heterocycles. The zero-order valence-electron chi connectivity index (χ0n) is 16.9. The van der Waals surface area contributed by atoms with Crippen LogP contribution in [0, 0.1) is 24.0 Å². The maximum atomic E-state index is 13.4. The summed E-state index contributed by atoms with van der Waals surface area (Å²) < 4.78 is 0. The summed E-state index contributed by atoms with van der Waals surface area (Å²) >= 11 is 7.15. The first-order valence-corrected chi connectivity index (χ1v) is 10.6. The van der Waals surface area contributed by atoms with Crippen molar-refractivity contribution in [1.82, 2.24) is 4.98 Å². The molecular weight excluding hydrogens is 454 g/mol. The number of ketones is 1. The van der Waals surface area contributed by atoms with Crippen molar-refractivity contribution >= 4 is 45.4 Å². The van der Waals surface area contributed by atoms with Crippen LogP contribution in [0.3, 0.4) is 0 Å². The van der Waals surface area contributed by atoms with Crippen LogP contribution in [0.5, 0.6) is 0 Å². The van der Waals surface area contributed by atoms with Crippen LogP contribution in [0.2, 0.25) is 5.02 Å². The topological polar surface area (TPSA) is 114 Å². The van der Waals surface area contributed by atoms with Gasteiger partial charge in [-0.1, -0.05) is 23.7 Å². The molecule has 1 aliphatic heterocycles. The number of benzene rings is 2. The second-order valence-corrected chi connectivity index (χ2v) is 8.78. The summed E-state index contributed by atoms with van der Waals surface area (Å²) in [7, 11) is 0. The number of rotatable bonds is 5. The number of nitrogens with zero attached hydrogens (tertiary/aromatic N) is 3. The lowest BCUT2D eigenvalue weighted by molar-refractivity contribution is -0.384. The van der Waals surface area contributed by atoms with E-state index in [1.54, 1.807) is 13.0 Å². The lowest BCUT2D eigenvalue weighted by Crippen LogP contribution is -2.31. The summed E-state index contributed by atoms with van der Waals surface area (Å²) in [6, 6.07) is 10.6. The molecule has 0 bridgehead atoms. The van der Waals surface area contributed by atoms with Gasteiger partial charge in [0.15, 0.2) is 16.7 Å². The van der Waals surface area contributed by atoms with E-state index in [1.807, 2.05) is 6.92 Å². The zero-order valence-corrected chi connectivity index (χ0v) is 18.5. The number of non-ortho nitro benzene ring substituents is 1. The third kappa shape index (κ3) is 3.65. The van der Waals surface area contributed by atoms with E-state index in [-0.39, 0.29) is 22.0 Å². The van der Waals surface area contributed by atoms with Gasteiger partial charge in [-0.3, -0.25) is 24.6 Å². The Bertz CT molecular complexity index is 1280. The Balaban J connectivity index is 1.91. The molecule has 0 saturated carbocycles. The standard InChI is InChI=1S/C22H16ClN3O5S/c1-11-12(2)32-22(24-11)25-18(14-4-3-5-16(10-14)26(30)31)17(20(28)21(25)29)19(27)13-6-8-15(23)9-7-13/h3-10,18,28H,1-2H3. The van der Waals surface area contributed by atoms with Crippen molar-refractivity contribution in [1.29, 1.82) is 0 Å². The maximum absolute atomic E-state index is 13.4. The summed E-state index contributed by atoms with van der Waals surface area (Å²) in [5.41, 5.74) is 0.842. The highest BCUT2D eigenvalue weighted by molar-refractivity contribution is 7.15. The molecule has 10 heteroatoms. The highest BCUT2D eigenvalue weighted by Crippen LogP contribution is 2.44. The first kappa shape index (κ1) is 21.7. The minimum absolute atomic E-state index is 0.177. The zero-order chi connectivity index (χ0) is 23.2. The largest absolute Gasteiger partial charge is 0.503 e. The van der Waals surface area contributed by atoms with Crippen molar-refractivity contribution in [3.63, 3.8) is 0 Å². The molecule has 0 fully saturated rings. The minimum Gasteiger partial charge on any atom is -0.503 e. The third-order valence-electron chi connectivity index (χ3n) is 5.18. The first-order valence-electron chi connectivity index (χ1n) is 9.44. The van der Waals surface area contributed by atoms with E-state index in [1.165, 1.54) is 58.7 Å². The monoisotopic (exact) mass is 469 g/mol. The predicted molar refractivity (Wildman–Crippen MR) is 120 cm³/mol. The number of thiazole rings is 1. The second-order valence-electron chi connectivity index (χ2n) is 7.17. The molecule has 0 spiro atoms. The number of aryl methyl sites for hydroxylation is 2. The number of carbonyl (C=O) groups is 2. The average Bonchev–Trinajstić information content (AvgIpc) is 3.23. The van der Waals surface area contributed by atoms with E-state index in [0.717, 1.165) is 4.88 Å². The quantitative estimate of drug-likeness (QED) is 0.315. The minimum atomic E-state index is -1.09. The normalized spacial score (nSPS) is 16.0. The Morgan fingerprint density at radius 1 is 1.22 bits per heavy atom. The molecule has 2 aromatic carbocycles. The van der Waals surface area contributed by atoms with Crippen molar-refractivity contribution < 1.29 is 19.6 Å². The van der Waals surface area contributed by atoms with Crippen LogP contribution < -0.4 is 4.90 Å². The molecule has 4 rings (SSSR count). The number of Topliss-reactive ketones (excluding diaryl/α,β-unsaturated/α-hetero) is 1. The van der Waals surface area contributed by atoms with Gasteiger partial charge in [0.05, 0.1) is 22.2 Å². The molecule has 1 atom stereocenters. The van der Waals surface area contributed by atoms with Crippen LogP contribution in [0.25, 0.3) is 0 Å². The molecule has 1 N–H and O–H groups in total. The highest BCUT2D eigenvalue weighted by Gasteiger charge is 2.46. The third-order valence-corrected chi connectivity index (χ3v) is 6.50. The number of aliphatic hydroxyl groups is 1. The smallest absolute Gasteiger partial charge is 0.296 e. The second kappa shape index (κ2) is 8.18. The molecule has 2 heterocycles. The number of carbonyl (C=O) groups excluding carboxylic acids is 2. The average molecular weight is 470 g/mol. The Labute approximate surface area is 191 Å². The molecule has 0 aliphatic carbocycles. The van der Waals surface area contributed by atoms with Crippen molar-refractivity contribution in [2.45, 2.75) is 19.9 Å². The van der Waals surface area contributed by atoms with Crippen LogP contribution >= 0.6 is 22.9 Å². The number of nitro benzene ring substituents is 1. The Morgan fingerprint density at radius 3 is 2.50 bits per heavy atom. The van der Waals surface area contributed by atoms with Gasteiger partial charge < -0.3 is 5.11 Å². The number of aromatic nitrogens is 1. The predicted octanol–water partition coefficient (Wildman–Crippen LogP) is 5.10. The molecular formula is C22H16ClN3O5S. The van der Waals surface area contributed by atoms with Gasteiger partial charge in [0.1, 0.15) is 0 Å². The fourth-order valence-electron chi connectivity index (χ4n) is 3.47. The van der Waals surface area contributed by atoms with Gasteiger partial charge in [0, 0.05) is 27.6 Å². The van der Waals surface area contributed by atoms with Gasteiger partial charge in [-0.15, -0.1) is 11.3 Å². The number of amides is 1. The van der Waals surface area contributed by atoms with Gasteiger partial charge in [0.25, 0.3) is 11.6 Å². The Morgan fingerprint density at radius 2 is 1.91 bits per heavy atom. The van der Waals surface area contributed by atoms with Crippen LogP contribution in [-0.2, 0) is 4.79 Å². The van der Waals surface area contributed by atoms with Crippen molar-refractivity contribution in [3.8, 4) is 0 Å². The Kier molecular flexibility index (Phi) is 5.53. The molecule has 1 amide bonds. The summed E-state index contributed by atoms with van der Waals surface area (Å²) in [5.74, 6) is -2.10. The fourth-order valence-corrected chi connectivity index (χ4v) is 4.54. The van der Waals surface area contributed by atoms with E-state index in [2.05, 4.69) is 4.98 Å². The summed E-state index contributed by atoms with van der Waals surface area (Å²) in [6.07, 6.45) is 0. The lowest BCUT2D eigenvalue weighted by atomic mass is 9.92. The van der Waals surface area contributed by atoms with E-state index in [9.17, 15) is 24.8 Å². The molecule has 8 nitrogen and oxygen atoms in total. The highest BCUT2D eigenvalue weighted by atomic mass is 35.5. The molecule has 32 heavy (non-hydrogen) atoms. The van der Waals surface area contributed by atoms with Gasteiger partial charge in [0.2, 0.25) is 0 Å². The Hall–Kier alpha value is -3.56. The molecule has 1 unspecified atom stereocenters. The van der Waals surface area contributed by atoms with Crippen molar-refractivity contribution in [3.05, 3.63) is 96.7 Å².